The first-order valence-corrected chi connectivity index (χ1v) is 6.36. The van der Waals surface area contributed by atoms with Gasteiger partial charge in [0.05, 0.1) is 18.2 Å². The number of hydrogen-bond donors (Lipinski definition) is 0. The summed E-state index contributed by atoms with van der Waals surface area (Å²) < 4.78 is 7.20. The van der Waals surface area contributed by atoms with Gasteiger partial charge in [-0.15, -0.1) is 0 Å². The number of nitriles is 1. The van der Waals surface area contributed by atoms with Gasteiger partial charge in [0.2, 0.25) is 0 Å². The molecule has 1 aromatic heterocycles. The van der Waals surface area contributed by atoms with Crippen LogP contribution in [0.3, 0.4) is 0 Å². The number of aryl methyl sites for hydroxylation is 1. The number of ether oxygens (including phenoxy) is 1. The molecule has 0 aliphatic rings. The highest BCUT2D eigenvalue weighted by Crippen LogP contribution is 2.12. The van der Waals surface area contributed by atoms with E-state index >= 15 is 0 Å². The highest BCUT2D eigenvalue weighted by atomic mass is 32.1. The van der Waals surface area contributed by atoms with Crippen molar-refractivity contribution < 1.29 is 4.74 Å². The quantitative estimate of drug-likeness (QED) is 0.846. The van der Waals surface area contributed by atoms with Gasteiger partial charge in [0.25, 0.3) is 0 Å². The zero-order chi connectivity index (χ0) is 13.0. The monoisotopic (exact) mass is 260 g/mol. The van der Waals surface area contributed by atoms with Gasteiger partial charge in [-0.1, -0.05) is 17.4 Å². The number of thiazole rings is 1. The van der Waals surface area contributed by atoms with E-state index in [1.807, 2.05) is 12.3 Å². The fourth-order valence-corrected chi connectivity index (χ4v) is 2.35. The molecule has 0 saturated carbocycles. The molecular weight excluding hydrogens is 248 g/mol. The predicted octanol–water partition coefficient (Wildman–Crippen LogP) is 2.17. The summed E-state index contributed by atoms with van der Waals surface area (Å²) in [4.78, 5) is 11.5. The van der Waals surface area contributed by atoms with Crippen LogP contribution in [0.5, 0.6) is 5.75 Å². The second kappa shape index (κ2) is 5.52. The van der Waals surface area contributed by atoms with Crippen molar-refractivity contribution >= 4 is 11.3 Å². The molecule has 0 radical (unpaired) electrons. The third kappa shape index (κ3) is 2.79. The van der Waals surface area contributed by atoms with Gasteiger partial charge in [0.15, 0.2) is 0 Å². The second-order valence-corrected chi connectivity index (χ2v) is 4.60. The molecule has 1 heterocycles. The molecule has 0 amide bonds. The lowest BCUT2D eigenvalue weighted by atomic mass is 10.2. The van der Waals surface area contributed by atoms with Crippen LogP contribution in [0.2, 0.25) is 0 Å². The summed E-state index contributed by atoms with van der Waals surface area (Å²) in [5, 5.41) is 10.6. The zero-order valence-electron chi connectivity index (χ0n) is 9.92. The van der Waals surface area contributed by atoms with E-state index in [1.54, 1.807) is 28.8 Å². The molecule has 0 fully saturated rings. The lowest BCUT2D eigenvalue weighted by molar-refractivity contribution is 0.296. The number of rotatable bonds is 4. The van der Waals surface area contributed by atoms with Gasteiger partial charge < -0.3 is 4.74 Å². The topological polar surface area (TPSA) is 55.0 Å². The van der Waals surface area contributed by atoms with Gasteiger partial charge in [-0.3, -0.25) is 9.36 Å². The molecule has 0 aliphatic heterocycles. The van der Waals surface area contributed by atoms with Crippen LogP contribution in [-0.4, -0.2) is 11.2 Å². The Kier molecular flexibility index (Phi) is 3.80. The van der Waals surface area contributed by atoms with Crippen molar-refractivity contribution in [1.29, 1.82) is 5.26 Å². The van der Waals surface area contributed by atoms with E-state index in [1.165, 1.54) is 11.3 Å². The number of nitrogens with zero attached hydrogens (tertiary/aromatic N) is 2. The summed E-state index contributed by atoms with van der Waals surface area (Å²) in [6.07, 6.45) is 0. The molecule has 0 atom stereocenters. The maximum atomic E-state index is 11.5. The van der Waals surface area contributed by atoms with E-state index in [0.29, 0.717) is 24.5 Å². The van der Waals surface area contributed by atoms with Gasteiger partial charge in [-0.05, 0) is 25.1 Å². The third-order valence-electron chi connectivity index (χ3n) is 2.52. The van der Waals surface area contributed by atoms with Gasteiger partial charge in [0.1, 0.15) is 12.4 Å². The van der Waals surface area contributed by atoms with Crippen LogP contribution < -0.4 is 9.61 Å². The normalized spacial score (nSPS) is 10.0. The Hall–Kier alpha value is -2.06. The summed E-state index contributed by atoms with van der Waals surface area (Å²) in [6, 6.07) is 9.03. The maximum Gasteiger partial charge on any atom is 0.307 e. The smallest absolute Gasteiger partial charge is 0.307 e. The summed E-state index contributed by atoms with van der Waals surface area (Å²) in [6.45, 7) is 2.82. The summed E-state index contributed by atoms with van der Waals surface area (Å²) in [7, 11) is 0. The van der Waals surface area contributed by atoms with Gasteiger partial charge in [-0.2, -0.15) is 5.26 Å². The molecule has 0 spiro atoms. The predicted molar refractivity (Wildman–Crippen MR) is 70.0 cm³/mol. The first-order chi connectivity index (χ1) is 8.70. The lowest BCUT2D eigenvalue weighted by Gasteiger charge is -2.07. The van der Waals surface area contributed by atoms with E-state index in [0.717, 1.165) is 5.69 Å². The van der Waals surface area contributed by atoms with Crippen LogP contribution in [0.15, 0.2) is 34.4 Å². The Bertz CT molecular complexity index is 637. The van der Waals surface area contributed by atoms with Gasteiger partial charge in [-0.25, -0.2) is 0 Å². The Labute approximate surface area is 109 Å². The standard InChI is InChI=1S/C13H12N2O2S/c1-10-9-18-13(16)15(10)5-6-17-12-4-2-3-11(7-12)8-14/h2-4,7,9H,5-6H2,1H3. The first-order valence-electron chi connectivity index (χ1n) is 5.48. The van der Waals surface area contributed by atoms with Crippen LogP contribution in [0.4, 0.5) is 0 Å². The summed E-state index contributed by atoms with van der Waals surface area (Å²) in [5.41, 5.74) is 1.51. The third-order valence-corrected chi connectivity index (χ3v) is 3.40. The number of benzene rings is 1. The van der Waals surface area contributed by atoms with Gasteiger partial charge in [0, 0.05) is 11.1 Å². The fraction of sp³-hybridized carbons (Fsp3) is 0.231. The molecule has 1 aromatic carbocycles. The Morgan fingerprint density at radius 3 is 3.00 bits per heavy atom. The van der Waals surface area contributed by atoms with Crippen molar-refractivity contribution in [3.63, 3.8) is 0 Å². The molecule has 4 nitrogen and oxygen atoms in total. The average molecular weight is 260 g/mol. The van der Waals surface area contributed by atoms with E-state index in [-0.39, 0.29) is 4.87 Å². The van der Waals surface area contributed by atoms with E-state index in [4.69, 9.17) is 10.00 Å². The van der Waals surface area contributed by atoms with Crippen molar-refractivity contribution in [3.8, 4) is 11.8 Å². The minimum absolute atomic E-state index is 0.0295. The van der Waals surface area contributed by atoms with Gasteiger partial charge >= 0.3 is 4.87 Å². The highest BCUT2D eigenvalue weighted by molar-refractivity contribution is 7.07. The Balaban J connectivity index is 1.97. The molecule has 5 heteroatoms. The molecular formula is C13H12N2O2S. The molecule has 0 saturated heterocycles. The van der Waals surface area contributed by atoms with Crippen LogP contribution >= 0.6 is 11.3 Å². The van der Waals surface area contributed by atoms with Crippen LogP contribution in [0.1, 0.15) is 11.3 Å². The molecule has 18 heavy (non-hydrogen) atoms. The Morgan fingerprint density at radius 2 is 2.33 bits per heavy atom. The largest absolute Gasteiger partial charge is 0.492 e. The summed E-state index contributed by atoms with van der Waals surface area (Å²) in [5.74, 6) is 0.648. The van der Waals surface area contributed by atoms with Crippen molar-refractivity contribution in [1.82, 2.24) is 4.57 Å². The minimum atomic E-state index is 0.0295. The van der Waals surface area contributed by atoms with Crippen molar-refractivity contribution in [3.05, 3.63) is 50.6 Å². The lowest BCUT2D eigenvalue weighted by Crippen LogP contribution is -2.18. The maximum absolute atomic E-state index is 11.5. The minimum Gasteiger partial charge on any atom is -0.492 e. The summed E-state index contributed by atoms with van der Waals surface area (Å²) >= 11 is 1.19. The highest BCUT2D eigenvalue weighted by Gasteiger charge is 2.02. The molecule has 0 aliphatic carbocycles. The molecule has 0 unspecified atom stereocenters. The van der Waals surface area contributed by atoms with E-state index < -0.39 is 0 Å². The number of hydrogen-bond acceptors (Lipinski definition) is 4. The van der Waals surface area contributed by atoms with Crippen LogP contribution in [0.25, 0.3) is 0 Å². The molecule has 2 aromatic rings. The Morgan fingerprint density at radius 1 is 1.50 bits per heavy atom. The average Bonchev–Trinajstić information content (AvgIpc) is 2.70. The molecule has 92 valence electrons. The second-order valence-electron chi connectivity index (χ2n) is 3.78. The number of aromatic nitrogens is 1. The fourth-order valence-electron chi connectivity index (χ4n) is 1.58. The first kappa shape index (κ1) is 12.4. The van der Waals surface area contributed by atoms with E-state index in [2.05, 4.69) is 6.07 Å². The van der Waals surface area contributed by atoms with Crippen molar-refractivity contribution in [2.24, 2.45) is 0 Å². The van der Waals surface area contributed by atoms with Crippen molar-refractivity contribution in [2.75, 3.05) is 6.61 Å². The molecule has 2 rings (SSSR count). The van der Waals surface area contributed by atoms with E-state index in [9.17, 15) is 4.79 Å². The zero-order valence-corrected chi connectivity index (χ0v) is 10.7. The van der Waals surface area contributed by atoms with Crippen LogP contribution in [0, 0.1) is 18.3 Å². The van der Waals surface area contributed by atoms with Crippen LogP contribution in [-0.2, 0) is 6.54 Å². The molecule has 0 N–H and O–H groups in total. The van der Waals surface area contributed by atoms with Crippen molar-refractivity contribution in [2.45, 2.75) is 13.5 Å². The molecule has 0 bridgehead atoms. The SMILES string of the molecule is Cc1csc(=O)n1CCOc1cccc(C#N)c1.